The molecule has 22 N–H and O–H groups in total. The monoisotopic (exact) mass is 1360 g/mol. The summed E-state index contributed by atoms with van der Waals surface area (Å²) in [6.07, 6.45) is -2.40. The highest BCUT2D eigenvalue weighted by molar-refractivity contribution is 6.00. The number of aliphatic hydroxyl groups excluding tert-OH is 3. The minimum absolute atomic E-state index is 0.0325. The van der Waals surface area contributed by atoms with E-state index in [9.17, 15) is 92.7 Å². The van der Waals surface area contributed by atoms with Crippen LogP contribution in [-0.2, 0) is 67.1 Å². The third-order valence-electron chi connectivity index (χ3n) is 15.7. The number of rotatable bonds is 44. The van der Waals surface area contributed by atoms with Crippen molar-refractivity contribution >= 4 is 82.8 Å². The van der Waals surface area contributed by atoms with Gasteiger partial charge in [-0.2, -0.15) is 0 Å². The van der Waals surface area contributed by atoms with Crippen LogP contribution in [0.5, 0.6) is 0 Å². The van der Waals surface area contributed by atoms with E-state index in [1.165, 1.54) is 18.7 Å². The number of amides is 12. The molecule has 0 aromatic carbocycles. The van der Waals surface area contributed by atoms with E-state index in [-0.39, 0.29) is 51.1 Å². The Morgan fingerprint density at radius 2 is 0.800 bits per heavy atom. The molecule has 34 heteroatoms. The van der Waals surface area contributed by atoms with Gasteiger partial charge < -0.3 is 106 Å². The van der Waals surface area contributed by atoms with Crippen molar-refractivity contribution in [2.75, 3.05) is 32.8 Å². The molecule has 12 amide bonds. The number of hydrogen-bond acceptors (Lipinski definition) is 20. The Balaban J connectivity index is 3.50. The van der Waals surface area contributed by atoms with Gasteiger partial charge >= 0.3 is 11.9 Å². The zero-order valence-electron chi connectivity index (χ0n) is 56.9. The van der Waals surface area contributed by atoms with E-state index in [1.807, 2.05) is 0 Å². The van der Waals surface area contributed by atoms with E-state index in [4.69, 9.17) is 17.2 Å². The highest BCUT2D eigenvalue weighted by Gasteiger charge is 2.43. The molecular formula is C61H109N15O19. The number of carbonyl (C=O) groups excluding carboxylic acids is 12. The fourth-order valence-electron chi connectivity index (χ4n) is 10.2. The number of carboxylic acids is 2. The fraction of sp³-hybridized carbons (Fsp3) is 0.770. The number of likely N-dealkylation sites (tertiary alicyclic amines) is 1. The number of hydrogen-bond donors (Lipinski definition) is 19. The molecule has 0 saturated carbocycles. The first-order chi connectivity index (χ1) is 44.4. The van der Waals surface area contributed by atoms with Crippen LogP contribution in [0.2, 0.25) is 0 Å². The van der Waals surface area contributed by atoms with Crippen LogP contribution in [0, 0.1) is 29.6 Å². The van der Waals surface area contributed by atoms with E-state index >= 15 is 0 Å². The number of aliphatic hydroxyl groups is 3. The Kier molecular flexibility index (Phi) is 38.4. The average Bonchev–Trinajstić information content (AvgIpc) is 1.78. The highest BCUT2D eigenvalue weighted by Crippen LogP contribution is 2.22. The molecule has 0 spiro atoms. The van der Waals surface area contributed by atoms with E-state index in [1.54, 1.807) is 69.2 Å². The molecule has 0 aromatic rings. The number of aliphatic carboxylic acids is 2. The summed E-state index contributed by atoms with van der Waals surface area (Å²) in [5.74, 6) is -16.6. The lowest BCUT2D eigenvalue weighted by Crippen LogP contribution is -2.63. The van der Waals surface area contributed by atoms with Gasteiger partial charge in [0.05, 0.1) is 25.4 Å². The Morgan fingerprint density at radius 3 is 1.23 bits per heavy atom. The number of carboxylic acid groups (broad SMARTS) is 2. The van der Waals surface area contributed by atoms with Gasteiger partial charge in [0.2, 0.25) is 70.9 Å². The van der Waals surface area contributed by atoms with Crippen molar-refractivity contribution in [2.24, 2.45) is 46.8 Å². The second-order valence-electron chi connectivity index (χ2n) is 25.8. The van der Waals surface area contributed by atoms with Gasteiger partial charge in [0, 0.05) is 13.0 Å². The van der Waals surface area contributed by atoms with Gasteiger partial charge in [0.1, 0.15) is 72.5 Å². The van der Waals surface area contributed by atoms with E-state index in [0.717, 1.165) is 0 Å². The van der Waals surface area contributed by atoms with Gasteiger partial charge in [0.25, 0.3) is 0 Å². The van der Waals surface area contributed by atoms with Crippen molar-refractivity contribution in [1.82, 2.24) is 63.4 Å². The third kappa shape index (κ3) is 29.1. The van der Waals surface area contributed by atoms with Crippen molar-refractivity contribution in [3.63, 3.8) is 0 Å². The zero-order chi connectivity index (χ0) is 72.7. The van der Waals surface area contributed by atoms with Crippen molar-refractivity contribution < 1.29 is 92.7 Å². The van der Waals surface area contributed by atoms with Crippen molar-refractivity contribution in [3.8, 4) is 0 Å². The Labute approximate surface area is 555 Å². The van der Waals surface area contributed by atoms with Gasteiger partial charge in [-0.05, 0) is 121 Å². The summed E-state index contributed by atoms with van der Waals surface area (Å²) < 4.78 is 0. The molecule has 0 bridgehead atoms. The molecule has 14 atom stereocenters. The van der Waals surface area contributed by atoms with E-state index < -0.39 is 217 Å². The Bertz CT molecular complexity index is 2590. The Hall–Kier alpha value is -7.66. The maximum atomic E-state index is 14.6. The third-order valence-corrected chi connectivity index (χ3v) is 15.7. The summed E-state index contributed by atoms with van der Waals surface area (Å²) in [6, 6.07) is -17.4. The summed E-state index contributed by atoms with van der Waals surface area (Å²) in [4.78, 5) is 191. The van der Waals surface area contributed by atoms with Crippen LogP contribution in [0.4, 0.5) is 0 Å². The number of unbranched alkanes of at least 4 members (excludes halogenated alkanes) is 2. The van der Waals surface area contributed by atoms with Crippen LogP contribution in [0.3, 0.4) is 0 Å². The average molecular weight is 1360 g/mol. The van der Waals surface area contributed by atoms with Crippen LogP contribution >= 0.6 is 0 Å². The number of carbonyl (C=O) groups is 14. The van der Waals surface area contributed by atoms with Gasteiger partial charge in [-0.15, -0.1) is 0 Å². The maximum Gasteiger partial charge on any atom is 0.326 e. The minimum Gasteiger partial charge on any atom is -0.481 e. The molecule has 1 saturated heterocycles. The van der Waals surface area contributed by atoms with Crippen LogP contribution in [0.25, 0.3) is 0 Å². The van der Waals surface area contributed by atoms with Crippen LogP contribution in [-0.4, -0.2) is 231 Å². The molecule has 1 aliphatic heterocycles. The molecule has 1 fully saturated rings. The number of nitrogens with zero attached hydrogens (tertiary/aromatic N) is 1. The topological polar surface area (TPSA) is 554 Å². The first kappa shape index (κ1) is 85.4. The normalized spacial score (nSPS) is 17.2. The van der Waals surface area contributed by atoms with Gasteiger partial charge in [-0.1, -0.05) is 69.2 Å². The predicted molar refractivity (Wildman–Crippen MR) is 345 cm³/mol. The van der Waals surface area contributed by atoms with Crippen LogP contribution < -0.4 is 75.7 Å². The summed E-state index contributed by atoms with van der Waals surface area (Å²) in [6.45, 7) is 17.5. The number of nitrogens with two attached hydrogens (primary N) is 3. The van der Waals surface area contributed by atoms with Crippen molar-refractivity contribution in [1.29, 1.82) is 0 Å². The van der Waals surface area contributed by atoms with E-state index in [2.05, 4.69) is 58.5 Å². The molecule has 34 nitrogen and oxygen atoms in total. The second kappa shape index (κ2) is 42.7. The molecule has 542 valence electrons. The molecular weight excluding hydrogens is 1250 g/mol. The SMILES string of the molecule is CC(C)C[C@H](NC(=O)[C@@H](NC(=O)[C@@H](NC(=O)[C@@H](NC(=O)[C@@H](NC(=O)CN)[C@@H](C)O)C(C)C)[C@@H](C)O)C(C)C)C(=O)N[C@@H](CCC(=O)O)C(=O)N[C@@H](CCCCN)C(=O)N[C@H](C(=O)N1CCC[C@H]1C(=O)N[C@H](C(=O)N[C@@H](CO)C(=O)N[C@@H](CCCCN)C(=O)O)C(C)C)C(C)C. The van der Waals surface area contributed by atoms with Crippen LogP contribution in [0.15, 0.2) is 0 Å². The number of nitrogens with one attached hydrogen (secondary N) is 11. The smallest absolute Gasteiger partial charge is 0.326 e. The van der Waals surface area contributed by atoms with Crippen molar-refractivity contribution in [3.05, 3.63) is 0 Å². The van der Waals surface area contributed by atoms with Gasteiger partial charge in [-0.3, -0.25) is 62.3 Å². The summed E-state index contributed by atoms with van der Waals surface area (Å²) in [7, 11) is 0. The lowest BCUT2D eigenvalue weighted by molar-refractivity contribution is -0.144. The van der Waals surface area contributed by atoms with Crippen molar-refractivity contribution in [2.45, 2.75) is 238 Å². The van der Waals surface area contributed by atoms with E-state index in [0.29, 0.717) is 32.2 Å². The first-order valence-corrected chi connectivity index (χ1v) is 32.5. The standard InChI is InChI=1S/C61H109N15O19/c1-29(2)26-39(68-55(88)45(31(5)6)72-59(92)49(35(12)79)75-57(90)46(32(7)8)73-58(91)48(34(11)78)70-42(80)27-64)52(85)66-37(21-22-43(81)82)50(83)65-36(18-13-15-23-62)51(84)74-47(33(9)10)60(93)76-25-17-20-41(76)54(87)71-44(30(3)4)56(89)69-40(28-77)53(86)67-38(61(94)95)19-14-16-24-63/h29-41,44-49,77-79H,13-28,62-64H2,1-12H3,(H,65,83)(H,66,85)(H,67,86)(H,68,88)(H,69,89)(H,70,80)(H,71,87)(H,72,92)(H,73,91)(H,74,84)(H,75,90)(H,81,82)(H,94,95)/t34-,35-,36+,37+,38+,39+,40+,41+,44+,45+,46+,47+,48+,49+/m1/s1. The minimum atomic E-state index is -1.75. The summed E-state index contributed by atoms with van der Waals surface area (Å²) >= 11 is 0. The first-order valence-electron chi connectivity index (χ1n) is 32.5. The van der Waals surface area contributed by atoms with Crippen LogP contribution in [0.1, 0.15) is 154 Å². The highest BCUT2D eigenvalue weighted by atomic mass is 16.4. The lowest BCUT2D eigenvalue weighted by Gasteiger charge is -2.33. The second-order valence-corrected chi connectivity index (χ2v) is 25.8. The molecule has 0 radical (unpaired) electrons. The molecule has 95 heavy (non-hydrogen) atoms. The fourth-order valence-corrected chi connectivity index (χ4v) is 10.2. The lowest BCUT2D eigenvalue weighted by atomic mass is 9.98. The van der Waals surface area contributed by atoms with Gasteiger partial charge in [-0.25, -0.2) is 4.79 Å². The predicted octanol–water partition coefficient (Wildman–Crippen LogP) is -5.10. The Morgan fingerprint density at radius 1 is 0.432 bits per heavy atom. The molecule has 1 heterocycles. The quantitative estimate of drug-likeness (QED) is 0.0254. The molecule has 0 aromatic heterocycles. The summed E-state index contributed by atoms with van der Waals surface area (Å²) in [5, 5.41) is 77.7. The molecule has 1 aliphatic rings. The molecule has 1 rings (SSSR count). The van der Waals surface area contributed by atoms with Gasteiger partial charge in [0.15, 0.2) is 0 Å². The zero-order valence-corrected chi connectivity index (χ0v) is 56.9. The molecule has 0 unspecified atom stereocenters. The summed E-state index contributed by atoms with van der Waals surface area (Å²) in [5.41, 5.74) is 16.6. The largest absolute Gasteiger partial charge is 0.481 e. The molecule has 0 aliphatic carbocycles. The maximum absolute atomic E-state index is 14.6.